The van der Waals surface area contributed by atoms with Crippen LogP contribution < -0.4 is 5.32 Å². The summed E-state index contributed by atoms with van der Waals surface area (Å²) in [5.74, 6) is -0.489. The summed E-state index contributed by atoms with van der Waals surface area (Å²) in [5, 5.41) is 3.24. The Labute approximate surface area is 108 Å². The summed E-state index contributed by atoms with van der Waals surface area (Å²) in [5.41, 5.74) is 0.738. The van der Waals surface area contributed by atoms with Crippen molar-refractivity contribution in [3.8, 4) is 0 Å². The van der Waals surface area contributed by atoms with E-state index in [0.29, 0.717) is 5.92 Å². The summed E-state index contributed by atoms with van der Waals surface area (Å²) < 4.78 is 26.6. The lowest BCUT2D eigenvalue weighted by molar-refractivity contribution is 0.340. The van der Waals surface area contributed by atoms with Gasteiger partial charge in [-0.1, -0.05) is 25.7 Å². The molecule has 3 heteroatoms. The third-order valence-electron chi connectivity index (χ3n) is 3.93. The zero-order valence-corrected chi connectivity index (χ0v) is 10.9. The van der Waals surface area contributed by atoms with Gasteiger partial charge >= 0.3 is 0 Å². The minimum atomic E-state index is -0.487. The van der Waals surface area contributed by atoms with E-state index in [4.69, 9.17) is 0 Å². The molecule has 0 heterocycles. The molecule has 1 aliphatic carbocycles. The van der Waals surface area contributed by atoms with Gasteiger partial charge in [0, 0.05) is 12.1 Å². The van der Waals surface area contributed by atoms with Crippen molar-refractivity contribution in [3.63, 3.8) is 0 Å². The highest BCUT2D eigenvalue weighted by Crippen LogP contribution is 2.33. The summed E-state index contributed by atoms with van der Waals surface area (Å²) in [7, 11) is 1.87. The quantitative estimate of drug-likeness (QED) is 0.796. The number of benzene rings is 1. The molecule has 0 amide bonds. The molecule has 1 nitrogen and oxygen atoms in total. The lowest BCUT2D eigenvalue weighted by atomic mass is 9.87. The van der Waals surface area contributed by atoms with Crippen LogP contribution in [-0.4, -0.2) is 7.05 Å². The Morgan fingerprint density at radius 3 is 2.06 bits per heavy atom. The molecule has 0 radical (unpaired) electrons. The molecule has 1 saturated carbocycles. The number of nitrogens with one attached hydrogen (secondary N) is 1. The van der Waals surface area contributed by atoms with E-state index in [0.717, 1.165) is 24.5 Å². The van der Waals surface area contributed by atoms with E-state index >= 15 is 0 Å². The minimum Gasteiger partial charge on any atom is -0.313 e. The molecule has 0 saturated heterocycles. The highest BCUT2D eigenvalue weighted by Gasteiger charge is 2.23. The van der Waals surface area contributed by atoms with Crippen LogP contribution in [-0.2, 0) is 0 Å². The smallest absolute Gasteiger partial charge is 0.126 e. The van der Waals surface area contributed by atoms with Crippen molar-refractivity contribution in [2.75, 3.05) is 7.05 Å². The second-order valence-electron chi connectivity index (χ2n) is 5.22. The van der Waals surface area contributed by atoms with E-state index in [9.17, 15) is 8.78 Å². The van der Waals surface area contributed by atoms with Gasteiger partial charge in [0.25, 0.3) is 0 Å². The minimum absolute atomic E-state index is 0.0632. The summed E-state index contributed by atoms with van der Waals surface area (Å²) in [6.45, 7) is 0. The fourth-order valence-electron chi connectivity index (χ4n) is 3.07. The molecule has 2 rings (SSSR count). The van der Waals surface area contributed by atoms with Crippen LogP contribution in [0, 0.1) is 17.6 Å². The lowest BCUT2D eigenvalue weighted by Crippen LogP contribution is -2.25. The van der Waals surface area contributed by atoms with Crippen molar-refractivity contribution in [1.29, 1.82) is 0 Å². The molecular formula is C15H21F2N. The Hall–Kier alpha value is -0.960. The molecule has 1 atom stereocenters. The van der Waals surface area contributed by atoms with Gasteiger partial charge in [-0.25, -0.2) is 8.78 Å². The van der Waals surface area contributed by atoms with E-state index in [1.54, 1.807) is 0 Å². The first-order valence-electron chi connectivity index (χ1n) is 6.84. The van der Waals surface area contributed by atoms with Gasteiger partial charge in [0.15, 0.2) is 0 Å². The van der Waals surface area contributed by atoms with E-state index < -0.39 is 11.6 Å². The van der Waals surface area contributed by atoms with Crippen molar-refractivity contribution in [2.45, 2.75) is 44.6 Å². The molecule has 1 aliphatic rings. The molecule has 0 aliphatic heterocycles. The average molecular weight is 253 g/mol. The van der Waals surface area contributed by atoms with Crippen molar-refractivity contribution in [1.82, 2.24) is 5.32 Å². The van der Waals surface area contributed by atoms with Gasteiger partial charge in [-0.05, 0) is 43.5 Å². The van der Waals surface area contributed by atoms with E-state index in [2.05, 4.69) is 5.32 Å². The number of rotatable bonds is 3. The monoisotopic (exact) mass is 253 g/mol. The van der Waals surface area contributed by atoms with Crippen LogP contribution in [0.1, 0.15) is 50.1 Å². The highest BCUT2D eigenvalue weighted by molar-refractivity contribution is 5.22. The summed E-state index contributed by atoms with van der Waals surface area (Å²) in [4.78, 5) is 0. The second kappa shape index (κ2) is 6.28. The summed E-state index contributed by atoms with van der Waals surface area (Å²) in [6, 6.07) is 3.90. The first-order chi connectivity index (χ1) is 8.70. The average Bonchev–Trinajstić information content (AvgIpc) is 2.58. The van der Waals surface area contributed by atoms with Crippen LogP contribution >= 0.6 is 0 Å². The Balaban J connectivity index is 2.20. The molecule has 0 aromatic heterocycles. The van der Waals surface area contributed by atoms with Crippen LogP contribution in [0.4, 0.5) is 8.78 Å². The molecule has 0 spiro atoms. The van der Waals surface area contributed by atoms with Gasteiger partial charge in [-0.15, -0.1) is 0 Å². The summed E-state index contributed by atoms with van der Waals surface area (Å²) in [6.07, 6.45) is 7.30. The number of halogens is 2. The van der Waals surface area contributed by atoms with Gasteiger partial charge in [-0.3, -0.25) is 0 Å². The molecular weight excluding hydrogens is 232 g/mol. The van der Waals surface area contributed by atoms with Gasteiger partial charge < -0.3 is 5.32 Å². The number of hydrogen-bond acceptors (Lipinski definition) is 1. The predicted octanol–water partition coefficient (Wildman–Crippen LogP) is 4.20. The van der Waals surface area contributed by atoms with Crippen LogP contribution in [0.25, 0.3) is 0 Å². The second-order valence-corrected chi connectivity index (χ2v) is 5.22. The van der Waals surface area contributed by atoms with Crippen LogP contribution in [0.2, 0.25) is 0 Å². The van der Waals surface area contributed by atoms with Crippen molar-refractivity contribution >= 4 is 0 Å². The maximum absolute atomic E-state index is 13.3. The molecule has 100 valence electrons. The zero-order chi connectivity index (χ0) is 13.0. The van der Waals surface area contributed by atoms with Crippen LogP contribution in [0.5, 0.6) is 0 Å². The topological polar surface area (TPSA) is 12.0 Å². The fraction of sp³-hybridized carbons (Fsp3) is 0.600. The zero-order valence-electron chi connectivity index (χ0n) is 10.9. The van der Waals surface area contributed by atoms with Crippen molar-refractivity contribution in [3.05, 3.63) is 35.4 Å². The Kier molecular flexibility index (Phi) is 4.70. The van der Waals surface area contributed by atoms with Crippen molar-refractivity contribution in [2.24, 2.45) is 5.92 Å². The lowest BCUT2D eigenvalue weighted by Gasteiger charge is -2.26. The normalized spacial score (nSPS) is 19.5. The molecule has 1 N–H and O–H groups in total. The van der Waals surface area contributed by atoms with E-state index in [-0.39, 0.29) is 6.04 Å². The maximum Gasteiger partial charge on any atom is 0.126 e. The number of hydrogen-bond donors (Lipinski definition) is 1. The molecule has 1 unspecified atom stereocenters. The van der Waals surface area contributed by atoms with Gasteiger partial charge in [-0.2, -0.15) is 0 Å². The Bertz CT molecular complexity index is 364. The third-order valence-corrected chi connectivity index (χ3v) is 3.93. The molecule has 18 heavy (non-hydrogen) atoms. The van der Waals surface area contributed by atoms with Gasteiger partial charge in [0.2, 0.25) is 0 Å². The van der Waals surface area contributed by atoms with E-state index in [1.807, 2.05) is 7.05 Å². The maximum atomic E-state index is 13.3. The van der Waals surface area contributed by atoms with E-state index in [1.165, 1.54) is 37.8 Å². The standard InChI is InChI=1S/C15H21F2N/c1-18-15(11-6-4-2-3-5-7-11)12-8-13(16)10-14(17)9-12/h8-11,15,18H,2-7H2,1H3. The third kappa shape index (κ3) is 3.29. The Morgan fingerprint density at radius 1 is 1.00 bits per heavy atom. The Morgan fingerprint density at radius 2 is 1.56 bits per heavy atom. The predicted molar refractivity (Wildman–Crippen MR) is 69.4 cm³/mol. The van der Waals surface area contributed by atoms with Gasteiger partial charge in [0.05, 0.1) is 0 Å². The molecule has 1 aromatic carbocycles. The SMILES string of the molecule is CNC(c1cc(F)cc(F)c1)C1CCCCCC1. The summed E-state index contributed by atoms with van der Waals surface area (Å²) >= 11 is 0. The first-order valence-corrected chi connectivity index (χ1v) is 6.84. The highest BCUT2D eigenvalue weighted by atomic mass is 19.1. The fourth-order valence-corrected chi connectivity index (χ4v) is 3.07. The molecule has 1 fully saturated rings. The van der Waals surface area contributed by atoms with Crippen LogP contribution in [0.15, 0.2) is 18.2 Å². The largest absolute Gasteiger partial charge is 0.313 e. The van der Waals surface area contributed by atoms with Crippen LogP contribution in [0.3, 0.4) is 0 Å². The molecule has 0 bridgehead atoms. The van der Waals surface area contributed by atoms with Gasteiger partial charge in [0.1, 0.15) is 11.6 Å². The van der Waals surface area contributed by atoms with Crippen molar-refractivity contribution < 1.29 is 8.78 Å². The first kappa shape index (κ1) is 13.5. The molecule has 1 aromatic rings.